The van der Waals surface area contributed by atoms with E-state index in [1.54, 1.807) is 0 Å². The monoisotopic (exact) mass is 302 g/mol. The van der Waals surface area contributed by atoms with Crippen LogP contribution in [0, 0.1) is 0 Å². The van der Waals surface area contributed by atoms with Crippen LogP contribution in [0.4, 0.5) is 0 Å². The van der Waals surface area contributed by atoms with Gasteiger partial charge in [0, 0.05) is 12.4 Å². The first-order valence-electron chi connectivity index (χ1n) is 9.22. The molecule has 1 unspecified atom stereocenters. The zero-order valence-corrected chi connectivity index (χ0v) is 15.1. The summed E-state index contributed by atoms with van der Waals surface area (Å²) >= 11 is 0. The zero-order valence-electron chi connectivity index (χ0n) is 14.3. The maximum atomic E-state index is 12.3. The summed E-state index contributed by atoms with van der Waals surface area (Å²) in [6.45, 7) is 0. The Bertz CT molecular complexity index is 304. The molecule has 116 valence electrons. The topological polar surface area (TPSA) is 17.1 Å². The summed E-state index contributed by atoms with van der Waals surface area (Å²) < 4.78 is 12.3. The first-order valence-corrected chi connectivity index (χ1v) is 10.9. The van der Waals surface area contributed by atoms with Gasteiger partial charge in [-0.2, -0.15) is 17.5 Å². The summed E-state index contributed by atoms with van der Waals surface area (Å²) in [5.41, 5.74) is 1.08. The Hall–Kier alpha value is 0.812. The van der Waals surface area contributed by atoms with Crippen molar-refractivity contribution in [1.82, 2.24) is 0 Å². The summed E-state index contributed by atoms with van der Waals surface area (Å²) in [6, 6.07) is 0. The van der Waals surface area contributed by atoms with Gasteiger partial charge in [-0.3, -0.25) is 4.21 Å². The van der Waals surface area contributed by atoms with E-state index < -0.39 is 10.8 Å². The van der Waals surface area contributed by atoms with E-state index in [1.165, 1.54) is 77.0 Å². The van der Waals surface area contributed by atoms with Crippen molar-refractivity contribution < 1.29 is 23.1 Å². The Labute approximate surface area is 146 Å². The molecule has 3 saturated carbocycles. The molecule has 0 saturated heterocycles. The summed E-state index contributed by atoms with van der Waals surface area (Å²) in [6.07, 6.45) is 19.1. The van der Waals surface area contributed by atoms with E-state index in [4.69, 9.17) is 0 Å². The van der Waals surface area contributed by atoms with Gasteiger partial charge in [0.05, 0.1) is 0 Å². The third-order valence-electron chi connectivity index (χ3n) is 7.36. The first-order chi connectivity index (χ1) is 9.73. The Balaban J connectivity index is 0.00000161. The second kappa shape index (κ2) is 8.07. The SMILES string of the molecule is CS(=O)C[B-](C1CCCC1)(C1CCCC1)C1CCCC1.[Li+]. The van der Waals surface area contributed by atoms with Gasteiger partial charge in [-0.05, 0) is 10.8 Å². The molecule has 1 nitrogen and oxygen atoms in total. The largest absolute Gasteiger partial charge is 1.00 e. The molecule has 0 amide bonds. The molecule has 0 N–H and O–H groups in total. The molecule has 1 atom stereocenters. The van der Waals surface area contributed by atoms with Gasteiger partial charge in [-0.15, -0.1) is 5.65 Å². The molecule has 0 aromatic rings. The molecule has 4 heteroatoms. The van der Waals surface area contributed by atoms with Crippen LogP contribution >= 0.6 is 0 Å². The zero-order chi connectivity index (χ0) is 14.0. The van der Waals surface area contributed by atoms with Crippen molar-refractivity contribution in [2.75, 3.05) is 11.9 Å². The molecule has 0 aromatic heterocycles. The molecule has 0 aliphatic heterocycles. The minimum Gasteiger partial charge on any atom is -0.263 e. The molecular formula is C17H32BLiOS. The van der Waals surface area contributed by atoms with Crippen molar-refractivity contribution in [1.29, 1.82) is 0 Å². The smallest absolute Gasteiger partial charge is 0.263 e. The molecule has 21 heavy (non-hydrogen) atoms. The van der Waals surface area contributed by atoms with Crippen molar-refractivity contribution >= 4 is 16.9 Å². The average Bonchev–Trinajstić information content (AvgIpc) is 3.15. The van der Waals surface area contributed by atoms with E-state index in [-0.39, 0.29) is 25.0 Å². The fraction of sp³-hybridized carbons (Fsp3) is 1.00. The van der Waals surface area contributed by atoms with Gasteiger partial charge >= 0.3 is 18.9 Å². The Morgan fingerprint density at radius 1 is 0.762 bits per heavy atom. The summed E-state index contributed by atoms with van der Waals surface area (Å²) in [7, 11) is -0.595. The quantitative estimate of drug-likeness (QED) is 0.712. The molecule has 3 fully saturated rings. The Morgan fingerprint density at radius 2 is 1.05 bits per heavy atom. The maximum absolute atomic E-state index is 12.3. The maximum Gasteiger partial charge on any atom is 1.00 e. The molecule has 0 radical (unpaired) electrons. The van der Waals surface area contributed by atoms with Crippen molar-refractivity contribution in [3.63, 3.8) is 0 Å². The standard InChI is InChI=1S/C17H32BOS.Li/c1-20(19)14-18(15-8-2-3-9-15,16-10-4-5-11-16)17-12-6-7-13-17;/h15-17H,2-14H2,1H3;/q-1;+1. The fourth-order valence-corrected chi connectivity index (χ4v) is 8.33. The van der Waals surface area contributed by atoms with Gasteiger partial charge < -0.3 is 0 Å². The van der Waals surface area contributed by atoms with E-state index >= 15 is 0 Å². The second-order valence-electron chi connectivity index (χ2n) is 8.16. The van der Waals surface area contributed by atoms with E-state index in [2.05, 4.69) is 0 Å². The molecule has 3 aliphatic carbocycles. The van der Waals surface area contributed by atoms with Crippen LogP contribution in [0.5, 0.6) is 0 Å². The van der Waals surface area contributed by atoms with E-state index in [0.29, 0.717) is 0 Å². The summed E-state index contributed by atoms with van der Waals surface area (Å²) in [5.74, 6) is 2.89. The van der Waals surface area contributed by atoms with Gasteiger partial charge in [-0.1, -0.05) is 77.0 Å². The number of hydrogen-bond acceptors (Lipinski definition) is 1. The number of hydrogen-bond donors (Lipinski definition) is 0. The van der Waals surface area contributed by atoms with Crippen molar-refractivity contribution in [3.05, 3.63) is 0 Å². The molecule has 3 aliphatic rings. The predicted molar refractivity (Wildman–Crippen MR) is 91.3 cm³/mol. The minimum atomic E-state index is -0.595. The molecule has 3 rings (SSSR count). The van der Waals surface area contributed by atoms with Gasteiger partial charge in [0.2, 0.25) is 0 Å². The van der Waals surface area contributed by atoms with Crippen LogP contribution < -0.4 is 18.9 Å². The van der Waals surface area contributed by atoms with Crippen LogP contribution in [0.25, 0.3) is 0 Å². The third-order valence-corrected chi connectivity index (χ3v) is 8.40. The van der Waals surface area contributed by atoms with E-state index in [0.717, 1.165) is 23.1 Å². The molecule has 0 spiro atoms. The van der Waals surface area contributed by atoms with Gasteiger partial charge in [0.1, 0.15) is 0 Å². The van der Waals surface area contributed by atoms with Crippen molar-refractivity contribution in [3.8, 4) is 0 Å². The Kier molecular flexibility index (Phi) is 6.98. The van der Waals surface area contributed by atoms with Crippen LogP contribution in [0.2, 0.25) is 17.5 Å². The Morgan fingerprint density at radius 3 is 1.29 bits per heavy atom. The van der Waals surface area contributed by atoms with Crippen LogP contribution in [-0.4, -0.2) is 22.3 Å². The van der Waals surface area contributed by atoms with E-state index in [1.807, 2.05) is 6.26 Å². The van der Waals surface area contributed by atoms with E-state index in [9.17, 15) is 4.21 Å². The molecule has 0 bridgehead atoms. The van der Waals surface area contributed by atoms with Gasteiger partial charge in [-0.25, -0.2) is 0 Å². The molecular weight excluding hydrogens is 270 g/mol. The second-order valence-corrected chi connectivity index (χ2v) is 9.64. The average molecular weight is 302 g/mol. The third kappa shape index (κ3) is 3.67. The number of rotatable bonds is 5. The summed E-state index contributed by atoms with van der Waals surface area (Å²) in [4.78, 5) is 0. The van der Waals surface area contributed by atoms with Gasteiger partial charge in [0.15, 0.2) is 0 Å². The minimum absolute atomic E-state index is 0. The van der Waals surface area contributed by atoms with Crippen LogP contribution in [0.3, 0.4) is 0 Å². The van der Waals surface area contributed by atoms with Crippen LogP contribution in [0.15, 0.2) is 0 Å². The summed E-state index contributed by atoms with van der Waals surface area (Å²) in [5, 5.41) is 0. The van der Waals surface area contributed by atoms with Crippen LogP contribution in [0.1, 0.15) is 77.0 Å². The normalized spacial score (nSPS) is 27.1. The van der Waals surface area contributed by atoms with Crippen molar-refractivity contribution in [2.45, 2.75) is 94.5 Å². The molecule has 0 heterocycles. The first kappa shape index (κ1) is 18.2. The van der Waals surface area contributed by atoms with Crippen LogP contribution in [-0.2, 0) is 10.8 Å². The fourth-order valence-electron chi connectivity index (χ4n) is 6.70. The van der Waals surface area contributed by atoms with Crippen molar-refractivity contribution in [2.24, 2.45) is 0 Å². The van der Waals surface area contributed by atoms with Gasteiger partial charge in [0.25, 0.3) is 0 Å². The predicted octanol–water partition coefficient (Wildman–Crippen LogP) is 2.19. The molecule has 0 aromatic carbocycles.